The molecular weight excluding hydrogens is 112 g/mol. The molecule has 0 radical (unpaired) electrons. The lowest BCUT2D eigenvalue weighted by Gasteiger charge is -1.85. The van der Waals surface area contributed by atoms with Crippen molar-refractivity contribution in [2.24, 2.45) is 5.16 Å². The summed E-state index contributed by atoms with van der Waals surface area (Å²) in [6, 6.07) is 0. The second-order valence-corrected chi connectivity index (χ2v) is 1.33. The molecule has 1 N–H and O–H groups in total. The second kappa shape index (κ2) is 2.95. The number of rotatable bonds is 2. The summed E-state index contributed by atoms with van der Waals surface area (Å²) in [6.45, 7) is 0.985. The van der Waals surface area contributed by atoms with Gasteiger partial charge in [0.1, 0.15) is 5.71 Å². The van der Waals surface area contributed by atoms with Gasteiger partial charge in [-0.1, -0.05) is 5.16 Å². The van der Waals surface area contributed by atoms with Gasteiger partial charge in [-0.25, -0.2) is 0 Å². The lowest BCUT2D eigenvalue weighted by molar-refractivity contribution is -0.463. The molecule has 0 bridgehead atoms. The van der Waals surface area contributed by atoms with Crippen LogP contribution in [-0.2, 0) is 0 Å². The van der Waals surface area contributed by atoms with E-state index in [4.69, 9.17) is 5.21 Å². The Kier molecular flexibility index (Phi) is 2.53. The maximum Gasteiger partial charge on any atom is 0.244 e. The quantitative estimate of drug-likeness (QED) is 0.242. The summed E-state index contributed by atoms with van der Waals surface area (Å²) in [4.78, 5) is 9.02. The Morgan fingerprint density at radius 1 is 2.00 bits per heavy atom. The van der Waals surface area contributed by atoms with Crippen LogP contribution in [0.25, 0.3) is 0 Å². The first kappa shape index (κ1) is 6.87. The molecule has 0 fully saturated rings. The van der Waals surface area contributed by atoms with E-state index < -0.39 is 11.5 Å². The van der Waals surface area contributed by atoms with E-state index in [1.165, 1.54) is 6.92 Å². The predicted molar refractivity (Wildman–Crippen MR) is 26.8 cm³/mol. The molecule has 0 heterocycles. The Balaban J connectivity index is 3.56. The van der Waals surface area contributed by atoms with Crippen molar-refractivity contribution in [3.8, 4) is 0 Å². The zero-order valence-corrected chi connectivity index (χ0v) is 4.37. The van der Waals surface area contributed by atoms with Gasteiger partial charge in [0.15, 0.2) is 0 Å². The van der Waals surface area contributed by atoms with E-state index in [1.807, 2.05) is 0 Å². The number of oxime groups is 1. The van der Waals surface area contributed by atoms with Crippen LogP contribution < -0.4 is 0 Å². The van der Waals surface area contributed by atoms with Gasteiger partial charge in [0, 0.05) is 4.92 Å². The minimum Gasteiger partial charge on any atom is -0.411 e. The van der Waals surface area contributed by atoms with Crippen LogP contribution >= 0.6 is 0 Å². The largest absolute Gasteiger partial charge is 0.411 e. The molecule has 0 saturated heterocycles. The molecule has 0 rings (SSSR count). The Hall–Kier alpha value is -1.13. The molecule has 0 aliphatic rings. The summed E-state index contributed by atoms with van der Waals surface area (Å²) < 4.78 is 0. The highest BCUT2D eigenvalue weighted by Gasteiger charge is 1.98. The van der Waals surface area contributed by atoms with E-state index in [-0.39, 0.29) is 5.71 Å². The molecule has 0 amide bonds. The SMILES string of the molecule is C/C(C[N+](=O)[O-])=N\O. The zero-order chi connectivity index (χ0) is 6.57. The summed E-state index contributed by atoms with van der Waals surface area (Å²) in [7, 11) is 0. The molecule has 0 aromatic rings. The van der Waals surface area contributed by atoms with Gasteiger partial charge in [0.05, 0.1) is 0 Å². The summed E-state index contributed by atoms with van der Waals surface area (Å²) >= 11 is 0. The average Bonchev–Trinajstić information content (AvgIpc) is 1.65. The molecule has 0 spiro atoms. The van der Waals surface area contributed by atoms with Crippen molar-refractivity contribution in [1.82, 2.24) is 0 Å². The molecule has 0 aromatic carbocycles. The maximum atomic E-state index is 9.58. The Morgan fingerprint density at radius 2 is 2.50 bits per heavy atom. The number of hydrogen-bond donors (Lipinski definition) is 1. The van der Waals surface area contributed by atoms with Gasteiger partial charge < -0.3 is 5.21 Å². The Morgan fingerprint density at radius 3 is 2.62 bits per heavy atom. The van der Waals surface area contributed by atoms with E-state index in [0.717, 1.165) is 0 Å². The van der Waals surface area contributed by atoms with Crippen molar-refractivity contribution in [1.29, 1.82) is 0 Å². The van der Waals surface area contributed by atoms with Gasteiger partial charge in [0.25, 0.3) is 0 Å². The minimum atomic E-state index is -0.560. The van der Waals surface area contributed by atoms with Crippen LogP contribution in [0.4, 0.5) is 0 Å². The highest BCUT2D eigenvalue weighted by Crippen LogP contribution is 1.74. The molecule has 0 atom stereocenters. The van der Waals surface area contributed by atoms with Crippen LogP contribution in [0.15, 0.2) is 5.16 Å². The van der Waals surface area contributed by atoms with Crippen LogP contribution in [0.3, 0.4) is 0 Å². The third-order valence-corrected chi connectivity index (χ3v) is 0.529. The van der Waals surface area contributed by atoms with Crippen LogP contribution in [0.1, 0.15) is 6.92 Å². The Labute approximate surface area is 45.8 Å². The van der Waals surface area contributed by atoms with Crippen molar-refractivity contribution in [2.45, 2.75) is 6.92 Å². The van der Waals surface area contributed by atoms with Crippen LogP contribution in [-0.4, -0.2) is 22.4 Å². The number of nitrogens with zero attached hydrogens (tertiary/aromatic N) is 2. The van der Waals surface area contributed by atoms with Crippen molar-refractivity contribution in [3.63, 3.8) is 0 Å². The summed E-state index contributed by atoms with van der Waals surface area (Å²) in [6.07, 6.45) is 0. The van der Waals surface area contributed by atoms with Crippen molar-refractivity contribution in [2.75, 3.05) is 6.54 Å². The summed E-state index contributed by atoms with van der Waals surface area (Å²) in [5.74, 6) is 0. The predicted octanol–water partition coefficient (Wildman–Crippen LogP) is 0.113. The fourth-order valence-electron chi connectivity index (χ4n) is 0.218. The molecular formula is C3H6N2O3. The molecule has 46 valence electrons. The minimum absolute atomic E-state index is 0.106. The topological polar surface area (TPSA) is 75.7 Å². The van der Waals surface area contributed by atoms with E-state index in [1.54, 1.807) is 0 Å². The van der Waals surface area contributed by atoms with Gasteiger partial charge in [-0.15, -0.1) is 0 Å². The third kappa shape index (κ3) is 3.08. The summed E-state index contributed by atoms with van der Waals surface area (Å²) in [5.41, 5.74) is 0.106. The van der Waals surface area contributed by atoms with Crippen LogP contribution in [0.5, 0.6) is 0 Å². The fourth-order valence-corrected chi connectivity index (χ4v) is 0.218. The highest BCUT2D eigenvalue weighted by molar-refractivity contribution is 5.82. The Bertz CT molecular complexity index is 120. The average molecular weight is 118 g/mol. The molecule has 8 heavy (non-hydrogen) atoms. The lowest BCUT2D eigenvalue weighted by Crippen LogP contribution is -2.09. The van der Waals surface area contributed by atoms with Gasteiger partial charge >= 0.3 is 0 Å². The highest BCUT2D eigenvalue weighted by atomic mass is 16.6. The van der Waals surface area contributed by atoms with E-state index in [0.29, 0.717) is 0 Å². The first-order valence-corrected chi connectivity index (χ1v) is 1.96. The third-order valence-electron chi connectivity index (χ3n) is 0.529. The van der Waals surface area contributed by atoms with Gasteiger partial charge in [-0.05, 0) is 6.92 Å². The standard InChI is InChI=1S/C3H6N2O3/c1-3(4-6)2-5(7)8/h6H,2H2,1H3/b4-3+. The normalized spacial score (nSPS) is 11.4. The van der Waals surface area contributed by atoms with E-state index >= 15 is 0 Å². The molecule has 0 aliphatic carbocycles. The number of hydrogen-bond acceptors (Lipinski definition) is 4. The monoisotopic (exact) mass is 118 g/mol. The molecule has 5 nitrogen and oxygen atoms in total. The lowest BCUT2D eigenvalue weighted by atomic mass is 10.4. The second-order valence-electron chi connectivity index (χ2n) is 1.33. The van der Waals surface area contributed by atoms with Gasteiger partial charge in [-0.3, -0.25) is 10.1 Å². The van der Waals surface area contributed by atoms with Gasteiger partial charge in [-0.2, -0.15) is 0 Å². The molecule has 0 unspecified atom stereocenters. The molecule has 0 aliphatic heterocycles. The molecule has 5 heteroatoms. The van der Waals surface area contributed by atoms with E-state index in [9.17, 15) is 10.1 Å². The number of nitro groups is 1. The van der Waals surface area contributed by atoms with Gasteiger partial charge in [0.2, 0.25) is 6.54 Å². The zero-order valence-electron chi connectivity index (χ0n) is 4.37. The molecule has 0 saturated carbocycles. The molecule has 0 aromatic heterocycles. The van der Waals surface area contributed by atoms with Crippen molar-refractivity contribution in [3.05, 3.63) is 10.1 Å². The fraction of sp³-hybridized carbons (Fsp3) is 0.667. The first-order valence-electron chi connectivity index (χ1n) is 1.96. The maximum absolute atomic E-state index is 9.58. The van der Waals surface area contributed by atoms with Crippen LogP contribution in [0.2, 0.25) is 0 Å². The first-order chi connectivity index (χ1) is 3.66. The van der Waals surface area contributed by atoms with Crippen LogP contribution in [0, 0.1) is 10.1 Å². The summed E-state index contributed by atoms with van der Waals surface area (Å²) in [5, 5.41) is 20.1. The van der Waals surface area contributed by atoms with Crippen molar-refractivity contribution >= 4 is 5.71 Å². The smallest absolute Gasteiger partial charge is 0.244 e. The van der Waals surface area contributed by atoms with E-state index in [2.05, 4.69) is 5.16 Å². The van der Waals surface area contributed by atoms with Crippen molar-refractivity contribution < 1.29 is 10.1 Å².